The van der Waals surface area contributed by atoms with E-state index in [0.29, 0.717) is 6.42 Å². The van der Waals surface area contributed by atoms with Gasteiger partial charge < -0.3 is 0 Å². The molecule has 0 rings (SSSR count). The lowest BCUT2D eigenvalue weighted by molar-refractivity contribution is -0.125. The van der Waals surface area contributed by atoms with Gasteiger partial charge in [-0.2, -0.15) is 0 Å². The zero-order valence-corrected chi connectivity index (χ0v) is 7.05. The molecule has 6 nitrogen and oxygen atoms in total. The number of hydrazine groups is 1. The Bertz CT molecular complexity index is 171. The Balaban J connectivity index is 3.64. The largest absolute Gasteiger partial charge is 0.357 e. The van der Waals surface area contributed by atoms with Crippen LogP contribution in [0.3, 0.4) is 0 Å². The first-order chi connectivity index (χ1) is 5.61. The summed E-state index contributed by atoms with van der Waals surface area (Å²) in [5.74, 6) is -0.454. The first kappa shape index (κ1) is 10.7. The summed E-state index contributed by atoms with van der Waals surface area (Å²) in [5, 5.41) is 8.03. The number of amides is 3. The Morgan fingerprint density at radius 1 is 1.42 bits per heavy atom. The molecule has 0 aliphatic heterocycles. The highest BCUT2D eigenvalue weighted by molar-refractivity contribution is 5.81. The Hall–Kier alpha value is -1.30. The Labute approximate surface area is 70.3 Å². The monoisotopic (exact) mass is 175 g/mol. The van der Waals surface area contributed by atoms with Gasteiger partial charge >= 0.3 is 6.03 Å². The van der Waals surface area contributed by atoms with Crippen LogP contribution in [0.15, 0.2) is 0 Å². The molecule has 0 saturated heterocycles. The number of rotatable bonds is 2. The number of carbonyl (C=O) groups is 2. The quantitative estimate of drug-likeness (QED) is 0.344. The Morgan fingerprint density at radius 3 is 2.42 bits per heavy atom. The molecule has 0 aromatic carbocycles. The molecular weight excluding hydrogens is 162 g/mol. The van der Waals surface area contributed by atoms with Crippen LogP contribution in [0.1, 0.15) is 20.3 Å². The molecule has 0 aromatic heterocycles. The standard InChI is InChI=1S/C6H13N3O3/c1-3-4(2)5(10)7-8-6(11)9-12/h4,12H,3H2,1-2H3,(H,7,10)(H2,8,9,11). The van der Waals surface area contributed by atoms with Crippen LogP contribution in [0, 0.1) is 5.92 Å². The summed E-state index contributed by atoms with van der Waals surface area (Å²) in [6.45, 7) is 3.59. The number of hydrogen-bond donors (Lipinski definition) is 4. The van der Waals surface area contributed by atoms with Crippen LogP contribution in [-0.2, 0) is 4.79 Å². The van der Waals surface area contributed by atoms with Gasteiger partial charge in [0, 0.05) is 5.92 Å². The van der Waals surface area contributed by atoms with Crippen molar-refractivity contribution in [2.45, 2.75) is 20.3 Å². The molecule has 0 heterocycles. The summed E-state index contributed by atoms with van der Waals surface area (Å²) in [4.78, 5) is 21.3. The van der Waals surface area contributed by atoms with Crippen molar-refractivity contribution in [3.63, 3.8) is 0 Å². The van der Waals surface area contributed by atoms with Gasteiger partial charge in [0.05, 0.1) is 0 Å². The molecule has 0 aliphatic carbocycles. The molecule has 6 heteroatoms. The van der Waals surface area contributed by atoms with Crippen molar-refractivity contribution in [1.29, 1.82) is 0 Å². The fourth-order valence-corrected chi connectivity index (χ4v) is 0.455. The average Bonchev–Trinajstić information content (AvgIpc) is 2.11. The van der Waals surface area contributed by atoms with Crippen molar-refractivity contribution < 1.29 is 14.8 Å². The molecule has 3 amide bonds. The van der Waals surface area contributed by atoms with Gasteiger partial charge in [-0.05, 0) is 6.42 Å². The van der Waals surface area contributed by atoms with E-state index in [0.717, 1.165) is 0 Å². The zero-order valence-electron chi connectivity index (χ0n) is 7.05. The van der Waals surface area contributed by atoms with Crippen molar-refractivity contribution in [2.24, 2.45) is 5.92 Å². The van der Waals surface area contributed by atoms with E-state index < -0.39 is 6.03 Å². The van der Waals surface area contributed by atoms with Gasteiger partial charge in [0.1, 0.15) is 0 Å². The second kappa shape index (κ2) is 5.36. The van der Waals surface area contributed by atoms with Gasteiger partial charge in [-0.3, -0.25) is 15.4 Å². The number of hydroxylamine groups is 1. The van der Waals surface area contributed by atoms with Crippen LogP contribution >= 0.6 is 0 Å². The maximum atomic E-state index is 11.0. The number of carbonyl (C=O) groups excluding carboxylic acids is 2. The highest BCUT2D eigenvalue weighted by Crippen LogP contribution is 1.98. The van der Waals surface area contributed by atoms with E-state index in [1.165, 1.54) is 5.48 Å². The fraction of sp³-hybridized carbons (Fsp3) is 0.667. The van der Waals surface area contributed by atoms with E-state index in [4.69, 9.17) is 5.21 Å². The molecule has 0 saturated carbocycles. The molecule has 0 fully saturated rings. The number of hydrogen-bond acceptors (Lipinski definition) is 3. The van der Waals surface area contributed by atoms with E-state index in [9.17, 15) is 9.59 Å². The molecule has 1 atom stereocenters. The Morgan fingerprint density at radius 2 is 2.00 bits per heavy atom. The third kappa shape index (κ3) is 3.77. The lowest BCUT2D eigenvalue weighted by Gasteiger charge is -2.09. The van der Waals surface area contributed by atoms with Crippen LogP contribution in [-0.4, -0.2) is 17.1 Å². The van der Waals surface area contributed by atoms with E-state index >= 15 is 0 Å². The minimum absolute atomic E-state index is 0.163. The minimum atomic E-state index is -0.869. The van der Waals surface area contributed by atoms with Gasteiger partial charge in [0.25, 0.3) is 0 Å². The van der Waals surface area contributed by atoms with Gasteiger partial charge in [-0.15, -0.1) is 0 Å². The van der Waals surface area contributed by atoms with Crippen molar-refractivity contribution >= 4 is 11.9 Å². The zero-order chi connectivity index (χ0) is 9.56. The molecule has 0 aliphatic rings. The number of nitrogens with one attached hydrogen (secondary N) is 3. The van der Waals surface area contributed by atoms with Crippen molar-refractivity contribution in [3.05, 3.63) is 0 Å². The molecule has 4 N–H and O–H groups in total. The predicted molar refractivity (Wildman–Crippen MR) is 41.1 cm³/mol. The van der Waals surface area contributed by atoms with Crippen LogP contribution in [0.4, 0.5) is 4.79 Å². The maximum Gasteiger partial charge on any atom is 0.357 e. The van der Waals surface area contributed by atoms with Crippen molar-refractivity contribution in [2.75, 3.05) is 0 Å². The highest BCUT2D eigenvalue weighted by atomic mass is 16.5. The van der Waals surface area contributed by atoms with E-state index in [2.05, 4.69) is 5.43 Å². The lowest BCUT2D eigenvalue weighted by Crippen LogP contribution is -2.47. The first-order valence-corrected chi connectivity index (χ1v) is 3.61. The highest BCUT2D eigenvalue weighted by Gasteiger charge is 2.10. The predicted octanol–water partition coefficient (Wildman–Crippen LogP) is -0.248. The summed E-state index contributed by atoms with van der Waals surface area (Å²) >= 11 is 0. The summed E-state index contributed by atoms with van der Waals surface area (Å²) < 4.78 is 0. The second-order valence-corrected chi connectivity index (χ2v) is 2.36. The van der Waals surface area contributed by atoms with Crippen molar-refractivity contribution in [1.82, 2.24) is 16.3 Å². The maximum absolute atomic E-state index is 11.0. The van der Waals surface area contributed by atoms with Crippen molar-refractivity contribution in [3.8, 4) is 0 Å². The molecule has 0 bridgehead atoms. The van der Waals surface area contributed by atoms with Gasteiger partial charge in [-0.1, -0.05) is 13.8 Å². The molecule has 1 unspecified atom stereocenters. The topological polar surface area (TPSA) is 90.5 Å². The number of urea groups is 1. The normalized spacial score (nSPS) is 11.6. The van der Waals surface area contributed by atoms with Gasteiger partial charge in [0.2, 0.25) is 5.91 Å². The van der Waals surface area contributed by atoms with Crippen LogP contribution in [0.5, 0.6) is 0 Å². The minimum Gasteiger partial charge on any atom is -0.287 e. The molecule has 0 radical (unpaired) electrons. The molecule has 0 aromatic rings. The Kier molecular flexibility index (Phi) is 4.78. The molecule has 12 heavy (non-hydrogen) atoms. The van der Waals surface area contributed by atoms with Crippen LogP contribution in [0.25, 0.3) is 0 Å². The van der Waals surface area contributed by atoms with Crippen LogP contribution in [0.2, 0.25) is 0 Å². The molecular formula is C6H13N3O3. The second-order valence-electron chi connectivity index (χ2n) is 2.36. The van der Waals surface area contributed by atoms with E-state index in [1.54, 1.807) is 6.92 Å². The first-order valence-electron chi connectivity index (χ1n) is 3.61. The fourth-order valence-electron chi connectivity index (χ4n) is 0.455. The summed E-state index contributed by atoms with van der Waals surface area (Å²) in [6.07, 6.45) is 0.689. The summed E-state index contributed by atoms with van der Waals surface area (Å²) in [6, 6.07) is -0.869. The molecule has 0 spiro atoms. The average molecular weight is 175 g/mol. The van der Waals surface area contributed by atoms with E-state index in [1.807, 2.05) is 12.3 Å². The smallest absolute Gasteiger partial charge is 0.287 e. The molecule has 70 valence electrons. The van der Waals surface area contributed by atoms with Gasteiger partial charge in [-0.25, -0.2) is 15.7 Å². The van der Waals surface area contributed by atoms with Crippen LogP contribution < -0.4 is 16.3 Å². The third-order valence-electron chi connectivity index (χ3n) is 1.46. The third-order valence-corrected chi connectivity index (χ3v) is 1.46. The van der Waals surface area contributed by atoms with Gasteiger partial charge in [0.15, 0.2) is 0 Å². The summed E-state index contributed by atoms with van der Waals surface area (Å²) in [7, 11) is 0. The SMILES string of the molecule is CCC(C)C(=O)NNC(=O)NO. The lowest BCUT2D eigenvalue weighted by atomic mass is 10.1. The summed E-state index contributed by atoms with van der Waals surface area (Å²) in [5.41, 5.74) is 5.38. The van der Waals surface area contributed by atoms with E-state index in [-0.39, 0.29) is 11.8 Å².